The molecular weight excluding hydrogens is 274 g/mol. The summed E-state index contributed by atoms with van der Waals surface area (Å²) in [5.41, 5.74) is 2.63. The molecule has 0 aliphatic rings. The van der Waals surface area contributed by atoms with Gasteiger partial charge >= 0.3 is 0 Å². The van der Waals surface area contributed by atoms with E-state index in [0.29, 0.717) is 0 Å². The molecule has 0 fully saturated rings. The Balaban J connectivity index is 1.79. The molecule has 20 heavy (non-hydrogen) atoms. The van der Waals surface area contributed by atoms with Crippen LogP contribution in [0.5, 0.6) is 0 Å². The maximum Gasteiger partial charge on any atom is 0.240 e. The second kappa shape index (κ2) is 5.07. The van der Waals surface area contributed by atoms with Crippen LogP contribution in [-0.4, -0.2) is 18.4 Å². The van der Waals surface area contributed by atoms with Crippen molar-refractivity contribution in [3.63, 3.8) is 0 Å². The van der Waals surface area contributed by atoms with Crippen molar-refractivity contribution in [2.45, 2.75) is 11.4 Å². The lowest BCUT2D eigenvalue weighted by Gasteiger charge is -2.06. The predicted molar refractivity (Wildman–Crippen MR) is 76.6 cm³/mol. The van der Waals surface area contributed by atoms with Crippen LogP contribution >= 0.6 is 0 Å². The summed E-state index contributed by atoms with van der Waals surface area (Å²) in [7, 11) is -3.47. The highest BCUT2D eigenvalue weighted by Crippen LogP contribution is 2.13. The minimum absolute atomic E-state index is 0.242. The van der Waals surface area contributed by atoms with E-state index in [1.807, 2.05) is 18.2 Å². The summed E-state index contributed by atoms with van der Waals surface area (Å²) in [6.07, 6.45) is 1.61. The number of benzene rings is 2. The molecule has 0 aliphatic carbocycles. The molecule has 0 spiro atoms. The molecule has 1 aromatic heterocycles. The Labute approximate surface area is 116 Å². The van der Waals surface area contributed by atoms with Gasteiger partial charge in [-0.05, 0) is 29.8 Å². The van der Waals surface area contributed by atoms with Gasteiger partial charge in [0.15, 0.2) is 0 Å². The summed E-state index contributed by atoms with van der Waals surface area (Å²) in [4.78, 5) is 7.39. The minimum atomic E-state index is -3.47. The van der Waals surface area contributed by atoms with Crippen molar-refractivity contribution < 1.29 is 8.42 Å². The number of H-pyrrole nitrogens is 1. The van der Waals surface area contributed by atoms with Crippen molar-refractivity contribution in [2.24, 2.45) is 0 Å². The fourth-order valence-electron chi connectivity index (χ4n) is 1.95. The summed E-state index contributed by atoms with van der Waals surface area (Å²) < 4.78 is 26.8. The second-order valence-corrected chi connectivity index (χ2v) is 6.16. The largest absolute Gasteiger partial charge is 0.345 e. The van der Waals surface area contributed by atoms with Gasteiger partial charge in [-0.2, -0.15) is 0 Å². The number of nitrogens with zero attached hydrogens (tertiary/aromatic N) is 1. The second-order valence-electron chi connectivity index (χ2n) is 4.39. The topological polar surface area (TPSA) is 74.8 Å². The molecule has 5 nitrogen and oxygen atoms in total. The van der Waals surface area contributed by atoms with Crippen LogP contribution < -0.4 is 4.72 Å². The van der Waals surface area contributed by atoms with Gasteiger partial charge in [0.1, 0.15) is 0 Å². The van der Waals surface area contributed by atoms with Gasteiger partial charge in [-0.25, -0.2) is 18.1 Å². The molecule has 0 radical (unpaired) electrons. The number of hydrogen-bond acceptors (Lipinski definition) is 3. The average molecular weight is 287 g/mol. The zero-order valence-electron chi connectivity index (χ0n) is 10.6. The number of nitrogens with one attached hydrogen (secondary N) is 2. The Bertz CT molecular complexity index is 826. The summed E-state index contributed by atoms with van der Waals surface area (Å²) in [6.45, 7) is 0.242. The van der Waals surface area contributed by atoms with Crippen LogP contribution in [0, 0.1) is 0 Å². The zero-order valence-corrected chi connectivity index (χ0v) is 11.4. The van der Waals surface area contributed by atoms with Gasteiger partial charge in [-0.3, -0.25) is 0 Å². The normalized spacial score (nSPS) is 11.8. The van der Waals surface area contributed by atoms with E-state index in [1.54, 1.807) is 36.7 Å². The molecule has 102 valence electrons. The van der Waals surface area contributed by atoms with Crippen molar-refractivity contribution in [3.05, 3.63) is 60.4 Å². The molecule has 0 atom stereocenters. The third-order valence-corrected chi connectivity index (χ3v) is 4.42. The Morgan fingerprint density at radius 2 is 1.90 bits per heavy atom. The Morgan fingerprint density at radius 1 is 1.10 bits per heavy atom. The van der Waals surface area contributed by atoms with Crippen LogP contribution in [0.25, 0.3) is 11.0 Å². The number of aromatic amines is 1. The van der Waals surface area contributed by atoms with Gasteiger partial charge in [-0.15, -0.1) is 0 Å². The van der Waals surface area contributed by atoms with E-state index in [4.69, 9.17) is 0 Å². The van der Waals surface area contributed by atoms with E-state index in [0.717, 1.165) is 16.6 Å². The van der Waals surface area contributed by atoms with Gasteiger partial charge in [0.2, 0.25) is 10.0 Å². The standard InChI is InChI=1S/C14H13N3O2S/c18-20(19,12-4-2-1-3-5-12)17-9-11-6-7-13-14(8-11)16-10-15-13/h1-8,10,17H,9H2,(H,15,16). The van der Waals surface area contributed by atoms with Gasteiger partial charge in [0.05, 0.1) is 22.3 Å². The molecular formula is C14H13N3O2S. The van der Waals surface area contributed by atoms with E-state index >= 15 is 0 Å². The Morgan fingerprint density at radius 3 is 2.70 bits per heavy atom. The Hall–Kier alpha value is -2.18. The van der Waals surface area contributed by atoms with Crippen LogP contribution in [0.3, 0.4) is 0 Å². The van der Waals surface area contributed by atoms with Crippen LogP contribution in [0.4, 0.5) is 0 Å². The summed E-state index contributed by atoms with van der Waals surface area (Å²) in [6, 6.07) is 13.9. The van der Waals surface area contributed by atoms with Gasteiger partial charge < -0.3 is 4.98 Å². The zero-order chi connectivity index (χ0) is 14.0. The van der Waals surface area contributed by atoms with Crippen LogP contribution in [-0.2, 0) is 16.6 Å². The van der Waals surface area contributed by atoms with Gasteiger partial charge in [-0.1, -0.05) is 24.3 Å². The number of fused-ring (bicyclic) bond motifs is 1. The first-order valence-corrected chi connectivity index (χ1v) is 7.60. The van der Waals surface area contributed by atoms with Crippen molar-refractivity contribution in [1.29, 1.82) is 0 Å². The van der Waals surface area contributed by atoms with Crippen molar-refractivity contribution >= 4 is 21.1 Å². The summed E-state index contributed by atoms with van der Waals surface area (Å²) in [5.74, 6) is 0. The highest BCUT2D eigenvalue weighted by Gasteiger charge is 2.12. The highest BCUT2D eigenvalue weighted by molar-refractivity contribution is 7.89. The quantitative estimate of drug-likeness (QED) is 0.771. The first-order valence-electron chi connectivity index (χ1n) is 6.12. The lowest BCUT2D eigenvalue weighted by atomic mass is 10.2. The number of aromatic nitrogens is 2. The van der Waals surface area contributed by atoms with E-state index in [1.165, 1.54) is 0 Å². The fourth-order valence-corrected chi connectivity index (χ4v) is 2.99. The molecule has 0 amide bonds. The smallest absolute Gasteiger partial charge is 0.240 e. The molecule has 3 aromatic rings. The molecule has 2 N–H and O–H groups in total. The summed E-state index contributed by atoms with van der Waals surface area (Å²) in [5, 5.41) is 0. The highest BCUT2D eigenvalue weighted by atomic mass is 32.2. The van der Waals surface area contributed by atoms with Crippen LogP contribution in [0.15, 0.2) is 59.8 Å². The molecule has 6 heteroatoms. The van der Waals surface area contributed by atoms with Crippen LogP contribution in [0.1, 0.15) is 5.56 Å². The fraction of sp³-hybridized carbons (Fsp3) is 0.0714. The molecule has 0 aliphatic heterocycles. The molecule has 0 saturated carbocycles. The van der Waals surface area contributed by atoms with Gasteiger partial charge in [0.25, 0.3) is 0 Å². The third-order valence-electron chi connectivity index (χ3n) is 3.00. The van der Waals surface area contributed by atoms with E-state index in [2.05, 4.69) is 14.7 Å². The van der Waals surface area contributed by atoms with Crippen LogP contribution in [0.2, 0.25) is 0 Å². The summed E-state index contributed by atoms with van der Waals surface area (Å²) >= 11 is 0. The number of rotatable bonds is 4. The SMILES string of the molecule is O=S(=O)(NCc1ccc2nc[nH]c2c1)c1ccccc1. The Kier molecular flexibility index (Phi) is 3.25. The molecule has 0 bridgehead atoms. The first-order chi connectivity index (χ1) is 9.65. The average Bonchev–Trinajstić information content (AvgIpc) is 2.94. The number of hydrogen-bond donors (Lipinski definition) is 2. The van der Waals surface area contributed by atoms with Crippen molar-refractivity contribution in [1.82, 2.24) is 14.7 Å². The van der Waals surface area contributed by atoms with E-state index in [9.17, 15) is 8.42 Å². The van der Waals surface area contributed by atoms with Gasteiger partial charge in [0, 0.05) is 6.54 Å². The van der Waals surface area contributed by atoms with E-state index < -0.39 is 10.0 Å². The van der Waals surface area contributed by atoms with E-state index in [-0.39, 0.29) is 11.4 Å². The lowest BCUT2D eigenvalue weighted by molar-refractivity contribution is 0.581. The lowest BCUT2D eigenvalue weighted by Crippen LogP contribution is -2.23. The number of imidazole rings is 1. The van der Waals surface area contributed by atoms with Crippen molar-refractivity contribution in [2.75, 3.05) is 0 Å². The number of sulfonamides is 1. The molecule has 1 heterocycles. The predicted octanol–water partition coefficient (Wildman–Crippen LogP) is 2.04. The first kappa shape index (κ1) is 12.8. The third kappa shape index (κ3) is 2.56. The molecule has 3 rings (SSSR count). The van der Waals surface area contributed by atoms with Crippen molar-refractivity contribution in [3.8, 4) is 0 Å². The molecule has 0 unspecified atom stereocenters. The molecule has 2 aromatic carbocycles. The monoisotopic (exact) mass is 287 g/mol. The minimum Gasteiger partial charge on any atom is -0.345 e. The maximum atomic E-state index is 12.1. The molecule has 0 saturated heterocycles. The maximum absolute atomic E-state index is 12.1.